The second kappa shape index (κ2) is 5.54. The van der Waals surface area contributed by atoms with E-state index in [1.54, 1.807) is 15.7 Å². The number of carbonyl (C=O) groups excluding carboxylic acids is 2. The maximum absolute atomic E-state index is 12.5. The Labute approximate surface area is 136 Å². The lowest BCUT2D eigenvalue weighted by atomic mass is 10.0. The smallest absolute Gasteiger partial charge is 0.410 e. The van der Waals surface area contributed by atoms with Gasteiger partial charge in [0.05, 0.1) is 18.4 Å². The van der Waals surface area contributed by atoms with E-state index in [1.165, 1.54) is 0 Å². The molecule has 2 aliphatic rings. The summed E-state index contributed by atoms with van der Waals surface area (Å²) in [5.74, 6) is 0.735. The monoisotopic (exact) mass is 320 g/mol. The van der Waals surface area contributed by atoms with Crippen molar-refractivity contribution < 1.29 is 14.3 Å². The number of ether oxygens (including phenoxy) is 1. The summed E-state index contributed by atoms with van der Waals surface area (Å²) < 4.78 is 7.09. The first-order chi connectivity index (χ1) is 10.8. The van der Waals surface area contributed by atoms with Crippen LogP contribution in [0, 0.1) is 6.92 Å². The molecular formula is C16H24N4O3. The number of hydrogen-bond acceptors (Lipinski definition) is 4. The van der Waals surface area contributed by atoms with Crippen molar-refractivity contribution in [2.45, 2.75) is 58.7 Å². The van der Waals surface area contributed by atoms with Crippen LogP contribution in [0.15, 0.2) is 6.20 Å². The van der Waals surface area contributed by atoms with Gasteiger partial charge in [-0.2, -0.15) is 0 Å². The Morgan fingerprint density at radius 3 is 2.52 bits per heavy atom. The van der Waals surface area contributed by atoms with E-state index in [-0.39, 0.29) is 18.2 Å². The number of amides is 2. The van der Waals surface area contributed by atoms with Crippen LogP contribution in [0.2, 0.25) is 0 Å². The molecule has 0 aromatic carbocycles. The Balaban J connectivity index is 1.58. The first-order valence-corrected chi connectivity index (χ1v) is 8.08. The average molecular weight is 320 g/mol. The number of rotatable bonds is 1. The van der Waals surface area contributed by atoms with Crippen LogP contribution in [0.3, 0.4) is 0 Å². The van der Waals surface area contributed by atoms with Gasteiger partial charge in [0, 0.05) is 19.1 Å². The van der Waals surface area contributed by atoms with Crippen LogP contribution in [0.1, 0.15) is 45.1 Å². The molecule has 0 unspecified atom stereocenters. The number of imidazole rings is 1. The van der Waals surface area contributed by atoms with E-state index < -0.39 is 5.60 Å². The number of fused-ring (bicyclic) bond motifs is 1. The third-order valence-electron chi connectivity index (χ3n) is 4.34. The van der Waals surface area contributed by atoms with E-state index in [9.17, 15) is 9.59 Å². The van der Waals surface area contributed by atoms with E-state index >= 15 is 0 Å². The zero-order valence-corrected chi connectivity index (χ0v) is 14.2. The number of piperidine rings is 1. The van der Waals surface area contributed by atoms with Crippen molar-refractivity contribution in [1.29, 1.82) is 0 Å². The molecule has 2 aliphatic heterocycles. The third-order valence-corrected chi connectivity index (χ3v) is 4.34. The molecule has 0 N–H and O–H groups in total. The minimum absolute atomic E-state index is 0.00529. The molecular weight excluding hydrogens is 296 g/mol. The molecule has 1 aromatic heterocycles. The fraction of sp³-hybridized carbons (Fsp3) is 0.688. The van der Waals surface area contributed by atoms with Gasteiger partial charge in [-0.25, -0.2) is 14.6 Å². The van der Waals surface area contributed by atoms with Gasteiger partial charge < -0.3 is 14.5 Å². The van der Waals surface area contributed by atoms with Gasteiger partial charge >= 0.3 is 12.1 Å². The van der Waals surface area contributed by atoms with Crippen LogP contribution in [-0.4, -0.2) is 56.2 Å². The predicted molar refractivity (Wildman–Crippen MR) is 84.1 cm³/mol. The molecule has 7 heteroatoms. The molecule has 0 bridgehead atoms. The fourth-order valence-electron chi connectivity index (χ4n) is 3.21. The number of aromatic nitrogens is 2. The highest BCUT2D eigenvalue weighted by Gasteiger charge is 2.36. The number of aryl methyl sites for hydroxylation is 1. The highest BCUT2D eigenvalue weighted by Crippen LogP contribution is 2.26. The van der Waals surface area contributed by atoms with Crippen molar-refractivity contribution in [2.24, 2.45) is 0 Å². The molecule has 1 saturated heterocycles. The van der Waals surface area contributed by atoms with Crippen molar-refractivity contribution in [3.05, 3.63) is 17.7 Å². The van der Waals surface area contributed by atoms with Crippen LogP contribution in [0.25, 0.3) is 0 Å². The van der Waals surface area contributed by atoms with E-state index in [1.807, 2.05) is 32.6 Å². The van der Waals surface area contributed by atoms with Gasteiger partial charge in [0.2, 0.25) is 0 Å². The fourth-order valence-corrected chi connectivity index (χ4v) is 3.21. The zero-order valence-electron chi connectivity index (χ0n) is 14.2. The largest absolute Gasteiger partial charge is 0.444 e. The molecule has 2 amide bonds. The minimum atomic E-state index is -0.479. The molecule has 0 atom stereocenters. The summed E-state index contributed by atoms with van der Waals surface area (Å²) in [7, 11) is 0. The SMILES string of the molecule is Cc1ncc2n1C(=O)N(C1CCN(C(=O)OC(C)(C)C)CC1)C2. The molecule has 126 valence electrons. The normalized spacial score (nSPS) is 19.2. The summed E-state index contributed by atoms with van der Waals surface area (Å²) in [4.78, 5) is 32.4. The van der Waals surface area contributed by atoms with Crippen molar-refractivity contribution >= 4 is 12.1 Å². The molecule has 1 fully saturated rings. The van der Waals surface area contributed by atoms with Crippen molar-refractivity contribution in [3.8, 4) is 0 Å². The molecule has 0 saturated carbocycles. The topological polar surface area (TPSA) is 67.7 Å². The molecule has 3 rings (SSSR count). The van der Waals surface area contributed by atoms with Crippen LogP contribution >= 0.6 is 0 Å². The quantitative estimate of drug-likeness (QED) is 0.797. The van der Waals surface area contributed by atoms with Crippen molar-refractivity contribution in [3.63, 3.8) is 0 Å². The molecule has 23 heavy (non-hydrogen) atoms. The second-order valence-electron chi connectivity index (χ2n) is 7.24. The summed E-state index contributed by atoms with van der Waals surface area (Å²) >= 11 is 0. The van der Waals surface area contributed by atoms with Gasteiger partial charge in [-0.3, -0.25) is 4.57 Å². The zero-order chi connectivity index (χ0) is 16.8. The molecule has 0 aliphatic carbocycles. The Bertz CT molecular complexity index is 624. The lowest BCUT2D eigenvalue weighted by Gasteiger charge is -2.36. The molecule has 0 radical (unpaired) electrons. The van der Waals surface area contributed by atoms with Gasteiger partial charge in [0.25, 0.3) is 0 Å². The first kappa shape index (κ1) is 15.8. The van der Waals surface area contributed by atoms with Crippen molar-refractivity contribution in [2.75, 3.05) is 13.1 Å². The van der Waals surface area contributed by atoms with E-state index in [4.69, 9.17) is 4.74 Å². The van der Waals surface area contributed by atoms with Crippen LogP contribution < -0.4 is 0 Å². The Kier molecular flexibility index (Phi) is 3.82. The number of hydrogen-bond donors (Lipinski definition) is 0. The van der Waals surface area contributed by atoms with Gasteiger partial charge in [0.15, 0.2) is 0 Å². The van der Waals surface area contributed by atoms with E-state index in [0.717, 1.165) is 24.4 Å². The average Bonchev–Trinajstić information content (AvgIpc) is 2.99. The lowest BCUT2D eigenvalue weighted by Crippen LogP contribution is -2.48. The summed E-state index contributed by atoms with van der Waals surface area (Å²) in [5, 5.41) is 0. The van der Waals surface area contributed by atoms with E-state index in [0.29, 0.717) is 19.6 Å². The van der Waals surface area contributed by atoms with Gasteiger partial charge in [-0.15, -0.1) is 0 Å². The molecule has 3 heterocycles. The minimum Gasteiger partial charge on any atom is -0.444 e. The standard InChI is InChI=1S/C16H24N4O3/c1-11-17-9-13-10-19(14(21)20(11)13)12-5-7-18(8-6-12)15(22)23-16(2,3)4/h9,12H,5-8,10H2,1-4H3. The molecule has 1 aromatic rings. The maximum atomic E-state index is 12.5. The summed E-state index contributed by atoms with van der Waals surface area (Å²) in [5.41, 5.74) is 0.467. The highest BCUT2D eigenvalue weighted by atomic mass is 16.6. The van der Waals surface area contributed by atoms with Crippen LogP contribution in [-0.2, 0) is 11.3 Å². The number of nitrogens with zero attached hydrogens (tertiary/aromatic N) is 4. The van der Waals surface area contributed by atoms with Crippen LogP contribution in [0.4, 0.5) is 9.59 Å². The lowest BCUT2D eigenvalue weighted by molar-refractivity contribution is 0.0166. The summed E-state index contributed by atoms with van der Waals surface area (Å²) in [6.45, 7) is 9.29. The van der Waals surface area contributed by atoms with E-state index in [2.05, 4.69) is 4.98 Å². The van der Waals surface area contributed by atoms with Gasteiger partial charge in [-0.05, 0) is 40.5 Å². The Morgan fingerprint density at radius 1 is 1.30 bits per heavy atom. The molecule has 7 nitrogen and oxygen atoms in total. The second-order valence-corrected chi connectivity index (χ2v) is 7.24. The Morgan fingerprint density at radius 2 is 1.96 bits per heavy atom. The Hall–Kier alpha value is -2.05. The summed E-state index contributed by atoms with van der Waals surface area (Å²) in [6, 6.07) is 0.172. The van der Waals surface area contributed by atoms with Crippen molar-refractivity contribution in [1.82, 2.24) is 19.4 Å². The highest BCUT2D eigenvalue weighted by molar-refractivity contribution is 5.81. The van der Waals surface area contributed by atoms with Gasteiger partial charge in [0.1, 0.15) is 11.4 Å². The summed E-state index contributed by atoms with van der Waals surface area (Å²) in [6.07, 6.45) is 3.06. The number of carbonyl (C=O) groups is 2. The van der Waals surface area contributed by atoms with Gasteiger partial charge in [-0.1, -0.05) is 0 Å². The first-order valence-electron chi connectivity index (χ1n) is 8.08. The van der Waals surface area contributed by atoms with Crippen LogP contribution in [0.5, 0.6) is 0 Å². The predicted octanol–water partition coefficient (Wildman–Crippen LogP) is 2.37. The third kappa shape index (κ3) is 3.04. The molecule has 0 spiro atoms. The maximum Gasteiger partial charge on any atom is 0.410 e. The number of likely N-dealkylation sites (tertiary alicyclic amines) is 1.